The summed E-state index contributed by atoms with van der Waals surface area (Å²) in [6, 6.07) is 25.5. The van der Waals surface area contributed by atoms with Gasteiger partial charge in [0, 0.05) is 11.1 Å². The quantitative estimate of drug-likeness (QED) is 0.616. The molecule has 4 heteroatoms. The van der Waals surface area contributed by atoms with E-state index in [0.717, 1.165) is 17.0 Å². The molecule has 0 saturated carbocycles. The Kier molecular flexibility index (Phi) is 7.04. The normalized spacial score (nSPS) is 12.8. The molecule has 29 heavy (non-hydrogen) atoms. The van der Waals surface area contributed by atoms with Crippen molar-refractivity contribution in [2.45, 2.75) is 26.4 Å². The maximum absolute atomic E-state index is 13.4. The third-order valence-electron chi connectivity index (χ3n) is 5.06. The molecule has 0 fully saturated rings. The molecule has 0 radical (unpaired) electrons. The lowest BCUT2D eigenvalue weighted by molar-refractivity contribution is -0.915. The van der Waals surface area contributed by atoms with Gasteiger partial charge >= 0.3 is 0 Å². The molecule has 0 aliphatic carbocycles. The van der Waals surface area contributed by atoms with Crippen LogP contribution in [0, 0.1) is 6.92 Å². The lowest BCUT2D eigenvalue weighted by Crippen LogP contribution is -3.09. The Labute approximate surface area is 173 Å². The molecule has 0 aliphatic rings. The smallest absolute Gasteiger partial charge is 0.287 e. The summed E-state index contributed by atoms with van der Waals surface area (Å²) in [5.41, 5.74) is 4.17. The average Bonchev–Trinajstić information content (AvgIpc) is 2.72. The second kappa shape index (κ2) is 9.89. The van der Waals surface area contributed by atoms with Crippen LogP contribution in [0.25, 0.3) is 0 Å². The first kappa shape index (κ1) is 20.6. The molecule has 0 spiro atoms. The van der Waals surface area contributed by atoms with E-state index < -0.39 is 0 Å². The minimum absolute atomic E-state index is 0.0468. The Bertz CT molecular complexity index is 940. The molecule has 3 rings (SSSR count). The number of carbonyl (C=O) groups is 1. The predicted octanol–water partition coefficient (Wildman–Crippen LogP) is 3.79. The topological polar surface area (TPSA) is 42.8 Å². The van der Waals surface area contributed by atoms with Crippen LogP contribution in [0.15, 0.2) is 78.9 Å². The molecule has 0 bridgehead atoms. The zero-order valence-electron chi connectivity index (χ0n) is 17.3. The highest BCUT2D eigenvalue weighted by molar-refractivity contribution is 5.95. The molecule has 0 heterocycles. The van der Waals surface area contributed by atoms with Gasteiger partial charge in [0.05, 0.1) is 19.3 Å². The van der Waals surface area contributed by atoms with E-state index in [-0.39, 0.29) is 11.9 Å². The minimum atomic E-state index is -0.342. The number of nitrogens with one attached hydrogen (secondary N) is 2. The Hall–Kier alpha value is -3.11. The number of quaternary nitrogens is 1. The van der Waals surface area contributed by atoms with Crippen LogP contribution in [0.3, 0.4) is 0 Å². The van der Waals surface area contributed by atoms with Crippen molar-refractivity contribution in [1.82, 2.24) is 0 Å². The Balaban J connectivity index is 1.88. The lowest BCUT2D eigenvalue weighted by Gasteiger charge is -2.25. The third-order valence-corrected chi connectivity index (χ3v) is 5.06. The first-order valence-corrected chi connectivity index (χ1v) is 10.0. The van der Waals surface area contributed by atoms with E-state index in [2.05, 4.69) is 31.4 Å². The number of likely N-dealkylation sites (N-methyl/N-ethyl adjacent to an activating group) is 1. The van der Waals surface area contributed by atoms with Gasteiger partial charge in [-0.05, 0) is 31.5 Å². The van der Waals surface area contributed by atoms with E-state index in [1.165, 1.54) is 11.1 Å². The lowest BCUT2D eigenvalue weighted by atomic mass is 10.0. The SMILES string of the molecule is CCOc1ccccc1NC(=O)[C@@H](c1ccccc1)[NH+](C)Cc1ccccc1C. The number of ether oxygens (including phenoxy) is 1. The van der Waals surface area contributed by atoms with E-state index in [9.17, 15) is 4.79 Å². The van der Waals surface area contributed by atoms with Crippen LogP contribution in [-0.4, -0.2) is 19.6 Å². The first-order valence-electron chi connectivity index (χ1n) is 10.0. The van der Waals surface area contributed by atoms with Crippen molar-refractivity contribution >= 4 is 11.6 Å². The zero-order chi connectivity index (χ0) is 20.6. The van der Waals surface area contributed by atoms with Crippen LogP contribution < -0.4 is 15.0 Å². The number of benzene rings is 3. The van der Waals surface area contributed by atoms with Gasteiger partial charge in [0.15, 0.2) is 6.04 Å². The number of hydrogen-bond donors (Lipinski definition) is 2. The van der Waals surface area contributed by atoms with E-state index in [1.54, 1.807) is 0 Å². The van der Waals surface area contributed by atoms with Crippen LogP contribution in [0.1, 0.15) is 29.7 Å². The Morgan fingerprint density at radius 3 is 2.34 bits per heavy atom. The summed E-state index contributed by atoms with van der Waals surface area (Å²) in [6.45, 7) is 5.35. The van der Waals surface area contributed by atoms with Crippen molar-refractivity contribution in [3.05, 3.63) is 95.6 Å². The number of hydrogen-bond acceptors (Lipinski definition) is 2. The van der Waals surface area contributed by atoms with Gasteiger partial charge in [0.25, 0.3) is 5.91 Å². The van der Waals surface area contributed by atoms with Crippen LogP contribution in [0.2, 0.25) is 0 Å². The number of rotatable bonds is 8. The van der Waals surface area contributed by atoms with Crippen LogP contribution in [0.5, 0.6) is 5.75 Å². The van der Waals surface area contributed by atoms with Crippen LogP contribution >= 0.6 is 0 Å². The number of para-hydroxylation sites is 2. The molecular formula is C25H29N2O2+. The maximum atomic E-state index is 13.4. The fraction of sp³-hybridized carbons (Fsp3) is 0.240. The second-order valence-corrected chi connectivity index (χ2v) is 7.21. The highest BCUT2D eigenvalue weighted by Gasteiger charge is 2.30. The van der Waals surface area contributed by atoms with Gasteiger partial charge in [-0.25, -0.2) is 0 Å². The number of aryl methyl sites for hydroxylation is 1. The summed E-state index contributed by atoms with van der Waals surface area (Å²) >= 11 is 0. The number of amides is 1. The standard InChI is InChI=1S/C25H28N2O2/c1-4-29-23-17-11-10-16-22(23)26-25(28)24(20-13-6-5-7-14-20)27(3)18-21-15-9-8-12-19(21)2/h5-17,24H,4,18H2,1-3H3,(H,26,28)/p+1/t24-/m1/s1. The molecule has 3 aromatic carbocycles. The van der Waals surface area contributed by atoms with Crippen LogP contribution in [0.4, 0.5) is 5.69 Å². The average molecular weight is 390 g/mol. The zero-order valence-corrected chi connectivity index (χ0v) is 17.3. The number of anilines is 1. The molecule has 1 unspecified atom stereocenters. The maximum Gasteiger partial charge on any atom is 0.287 e. The summed E-state index contributed by atoms with van der Waals surface area (Å²) in [5.74, 6) is 0.640. The van der Waals surface area contributed by atoms with E-state index in [0.29, 0.717) is 18.0 Å². The summed E-state index contributed by atoms with van der Waals surface area (Å²) in [6.07, 6.45) is 0. The second-order valence-electron chi connectivity index (χ2n) is 7.21. The molecule has 0 aliphatic heterocycles. The molecule has 0 saturated heterocycles. The molecule has 2 N–H and O–H groups in total. The molecule has 3 aromatic rings. The summed E-state index contributed by atoms with van der Waals surface area (Å²) < 4.78 is 5.67. The van der Waals surface area contributed by atoms with Gasteiger partial charge in [-0.3, -0.25) is 4.79 Å². The van der Waals surface area contributed by atoms with Crippen LogP contribution in [-0.2, 0) is 11.3 Å². The Morgan fingerprint density at radius 2 is 1.62 bits per heavy atom. The van der Waals surface area contributed by atoms with Gasteiger partial charge in [0.2, 0.25) is 0 Å². The van der Waals surface area contributed by atoms with Gasteiger partial charge < -0.3 is 15.0 Å². The third kappa shape index (κ3) is 5.24. The van der Waals surface area contributed by atoms with Gasteiger partial charge in [-0.15, -0.1) is 0 Å². The highest BCUT2D eigenvalue weighted by atomic mass is 16.5. The van der Waals surface area contributed by atoms with Gasteiger partial charge in [0.1, 0.15) is 12.3 Å². The first-order chi connectivity index (χ1) is 14.1. The Morgan fingerprint density at radius 1 is 0.966 bits per heavy atom. The number of carbonyl (C=O) groups excluding carboxylic acids is 1. The van der Waals surface area contributed by atoms with Crippen molar-refractivity contribution in [2.24, 2.45) is 0 Å². The van der Waals surface area contributed by atoms with Crippen molar-refractivity contribution in [2.75, 3.05) is 19.0 Å². The summed E-state index contributed by atoms with van der Waals surface area (Å²) in [7, 11) is 2.07. The molecule has 4 nitrogen and oxygen atoms in total. The predicted molar refractivity (Wildman–Crippen MR) is 117 cm³/mol. The van der Waals surface area contributed by atoms with E-state index in [4.69, 9.17) is 4.74 Å². The molecule has 2 atom stereocenters. The summed E-state index contributed by atoms with van der Waals surface area (Å²) in [5, 5.41) is 3.09. The molecular weight excluding hydrogens is 360 g/mol. The highest BCUT2D eigenvalue weighted by Crippen LogP contribution is 2.25. The van der Waals surface area contributed by atoms with Gasteiger partial charge in [-0.2, -0.15) is 0 Å². The van der Waals surface area contributed by atoms with E-state index >= 15 is 0 Å². The van der Waals surface area contributed by atoms with Crippen molar-refractivity contribution in [1.29, 1.82) is 0 Å². The van der Waals surface area contributed by atoms with Gasteiger partial charge in [-0.1, -0.05) is 66.7 Å². The molecule has 1 amide bonds. The fourth-order valence-electron chi connectivity index (χ4n) is 3.57. The monoisotopic (exact) mass is 389 g/mol. The van der Waals surface area contributed by atoms with E-state index in [1.807, 2.05) is 73.7 Å². The molecule has 150 valence electrons. The fourth-order valence-corrected chi connectivity index (χ4v) is 3.57. The van der Waals surface area contributed by atoms with Crippen molar-refractivity contribution in [3.8, 4) is 5.75 Å². The van der Waals surface area contributed by atoms with Crippen molar-refractivity contribution in [3.63, 3.8) is 0 Å². The summed E-state index contributed by atoms with van der Waals surface area (Å²) in [4.78, 5) is 14.5. The minimum Gasteiger partial charge on any atom is -0.492 e. The molecule has 0 aromatic heterocycles. The van der Waals surface area contributed by atoms with Crippen molar-refractivity contribution < 1.29 is 14.4 Å². The largest absolute Gasteiger partial charge is 0.492 e.